The van der Waals surface area contributed by atoms with E-state index in [1.54, 1.807) is 22.3 Å². The summed E-state index contributed by atoms with van der Waals surface area (Å²) in [5.41, 5.74) is 6.39. The molecular formula is C24H32I2N2. The van der Waals surface area contributed by atoms with Gasteiger partial charge in [-0.2, -0.15) is 0 Å². The van der Waals surface area contributed by atoms with Crippen molar-refractivity contribution in [1.29, 1.82) is 0 Å². The van der Waals surface area contributed by atoms with Crippen molar-refractivity contribution in [3.8, 4) is 0 Å². The SMILES string of the molecule is CI.CI.CN1CCN(CC2CC3c4ccccc4C2c2ccccc23)CC1. The van der Waals surface area contributed by atoms with Gasteiger partial charge in [0.1, 0.15) is 0 Å². The summed E-state index contributed by atoms with van der Waals surface area (Å²) in [5.74, 6) is 1.98. The van der Waals surface area contributed by atoms with E-state index in [4.69, 9.17) is 0 Å². The summed E-state index contributed by atoms with van der Waals surface area (Å²) in [6.07, 6.45) is 1.32. The summed E-state index contributed by atoms with van der Waals surface area (Å²) in [6, 6.07) is 18.4. The van der Waals surface area contributed by atoms with E-state index in [2.05, 4.69) is 111 Å². The Morgan fingerprint density at radius 3 is 1.71 bits per heavy atom. The van der Waals surface area contributed by atoms with E-state index in [1.165, 1.54) is 39.1 Å². The second kappa shape index (κ2) is 10.7. The fourth-order valence-corrected chi connectivity index (χ4v) is 5.30. The van der Waals surface area contributed by atoms with E-state index >= 15 is 0 Å². The van der Waals surface area contributed by atoms with Crippen LogP contribution in [0.1, 0.15) is 40.5 Å². The summed E-state index contributed by atoms with van der Waals surface area (Å²) in [4.78, 5) is 9.10. The molecule has 4 aliphatic rings. The topological polar surface area (TPSA) is 6.48 Å². The molecule has 1 heterocycles. The van der Waals surface area contributed by atoms with Crippen LogP contribution < -0.4 is 0 Å². The zero-order valence-corrected chi connectivity index (χ0v) is 21.6. The summed E-state index contributed by atoms with van der Waals surface area (Å²) < 4.78 is 0. The number of alkyl halides is 2. The molecular weight excluding hydrogens is 570 g/mol. The van der Waals surface area contributed by atoms with Crippen LogP contribution in [0, 0.1) is 5.92 Å². The Kier molecular flexibility index (Phi) is 8.62. The number of halogens is 2. The molecule has 4 heteroatoms. The summed E-state index contributed by atoms with van der Waals surface area (Å²) in [7, 11) is 2.24. The molecule has 1 aliphatic heterocycles. The van der Waals surface area contributed by atoms with Crippen LogP contribution in [0.3, 0.4) is 0 Å². The van der Waals surface area contributed by atoms with E-state index < -0.39 is 0 Å². The highest BCUT2D eigenvalue weighted by Gasteiger charge is 2.43. The summed E-state index contributed by atoms with van der Waals surface area (Å²) in [6.45, 7) is 6.15. The van der Waals surface area contributed by atoms with Crippen LogP contribution >= 0.6 is 45.2 Å². The first-order valence-corrected chi connectivity index (χ1v) is 14.5. The molecule has 28 heavy (non-hydrogen) atoms. The standard InChI is InChI=1S/C22H26N2.2CH3I/c1-23-10-12-24(13-11-23)15-16-14-21-17-6-2-4-8-19(17)22(16)20-9-5-3-7-18(20)21;2*1-2/h2-9,16,21-22H,10-15H2,1H3;2*1H3. The van der Waals surface area contributed by atoms with Gasteiger partial charge in [-0.1, -0.05) is 93.7 Å². The Balaban J connectivity index is 0.000000531. The highest BCUT2D eigenvalue weighted by atomic mass is 127. The quantitative estimate of drug-likeness (QED) is 0.325. The molecule has 0 N–H and O–H groups in total. The number of likely N-dealkylation sites (N-methyl/N-ethyl adjacent to an activating group) is 1. The fourth-order valence-electron chi connectivity index (χ4n) is 5.30. The van der Waals surface area contributed by atoms with Crippen molar-refractivity contribution in [3.63, 3.8) is 0 Å². The van der Waals surface area contributed by atoms with Gasteiger partial charge in [-0.15, -0.1) is 0 Å². The maximum Gasteiger partial charge on any atom is 0.0136 e. The Hall–Kier alpha value is -0.180. The van der Waals surface area contributed by atoms with Gasteiger partial charge in [0.05, 0.1) is 0 Å². The first-order valence-electron chi connectivity index (χ1n) is 10.2. The maximum atomic E-state index is 2.70. The van der Waals surface area contributed by atoms with Crippen molar-refractivity contribution < 1.29 is 0 Å². The molecule has 3 aliphatic carbocycles. The third-order valence-corrected chi connectivity index (χ3v) is 6.51. The Morgan fingerprint density at radius 2 is 1.21 bits per heavy atom. The number of fused-ring (bicyclic) bond motifs is 1. The summed E-state index contributed by atoms with van der Waals surface area (Å²) >= 11 is 4.30. The zero-order chi connectivity index (χ0) is 20.1. The number of piperazine rings is 1. The Morgan fingerprint density at radius 1 is 0.750 bits per heavy atom. The van der Waals surface area contributed by atoms with Crippen LogP contribution in [0.25, 0.3) is 0 Å². The smallest absolute Gasteiger partial charge is 0.0136 e. The first-order chi connectivity index (χ1) is 13.8. The van der Waals surface area contributed by atoms with Crippen molar-refractivity contribution in [2.24, 2.45) is 5.92 Å². The lowest BCUT2D eigenvalue weighted by Crippen LogP contribution is -2.48. The molecule has 1 atom stereocenters. The molecule has 6 rings (SSSR count). The molecule has 0 spiro atoms. The van der Waals surface area contributed by atoms with Crippen molar-refractivity contribution in [3.05, 3.63) is 70.8 Å². The third-order valence-electron chi connectivity index (χ3n) is 6.51. The minimum Gasteiger partial charge on any atom is -0.304 e. The molecule has 0 aromatic heterocycles. The number of nitrogens with zero attached hydrogens (tertiary/aromatic N) is 2. The van der Waals surface area contributed by atoms with Gasteiger partial charge in [0.15, 0.2) is 0 Å². The number of hydrogen-bond acceptors (Lipinski definition) is 2. The van der Waals surface area contributed by atoms with Crippen LogP contribution in [0.5, 0.6) is 0 Å². The predicted octanol–water partition coefficient (Wildman–Crippen LogP) is 5.63. The Bertz CT molecular complexity index is 708. The van der Waals surface area contributed by atoms with Crippen LogP contribution in [0.2, 0.25) is 0 Å². The zero-order valence-electron chi connectivity index (χ0n) is 17.2. The molecule has 1 saturated heterocycles. The molecule has 2 aromatic rings. The molecule has 1 fully saturated rings. The molecule has 0 saturated carbocycles. The number of hydrogen-bond donors (Lipinski definition) is 0. The van der Waals surface area contributed by atoms with E-state index in [0.29, 0.717) is 11.8 Å². The number of benzene rings is 2. The number of rotatable bonds is 2. The third kappa shape index (κ3) is 4.44. The molecule has 152 valence electrons. The average Bonchev–Trinajstić information content (AvgIpc) is 2.78. The van der Waals surface area contributed by atoms with Gasteiger partial charge >= 0.3 is 0 Å². The van der Waals surface area contributed by atoms with Gasteiger partial charge in [0, 0.05) is 44.6 Å². The maximum absolute atomic E-state index is 2.70. The van der Waals surface area contributed by atoms with Crippen molar-refractivity contribution in [1.82, 2.24) is 9.80 Å². The lowest BCUT2D eigenvalue weighted by molar-refractivity contribution is 0.124. The van der Waals surface area contributed by atoms with Crippen LogP contribution in [-0.4, -0.2) is 59.4 Å². The lowest BCUT2D eigenvalue weighted by Gasteiger charge is -2.47. The van der Waals surface area contributed by atoms with Gasteiger partial charge in [0.2, 0.25) is 0 Å². The van der Waals surface area contributed by atoms with Gasteiger partial charge in [-0.25, -0.2) is 0 Å². The second-order valence-electron chi connectivity index (χ2n) is 7.89. The van der Waals surface area contributed by atoms with E-state index in [9.17, 15) is 0 Å². The van der Waals surface area contributed by atoms with E-state index in [1.807, 2.05) is 9.86 Å². The van der Waals surface area contributed by atoms with Gasteiger partial charge in [-0.3, -0.25) is 0 Å². The Labute approximate surface area is 198 Å². The van der Waals surface area contributed by atoms with Gasteiger partial charge < -0.3 is 9.80 Å². The molecule has 0 amide bonds. The van der Waals surface area contributed by atoms with Crippen LogP contribution in [0.15, 0.2) is 48.5 Å². The fraction of sp³-hybridized carbons (Fsp3) is 0.500. The monoisotopic (exact) mass is 602 g/mol. The van der Waals surface area contributed by atoms with Gasteiger partial charge in [0.25, 0.3) is 0 Å². The van der Waals surface area contributed by atoms with Crippen molar-refractivity contribution in [2.75, 3.05) is 49.6 Å². The average molecular weight is 602 g/mol. The first kappa shape index (κ1) is 22.5. The minimum absolute atomic E-state index is 0.599. The largest absolute Gasteiger partial charge is 0.304 e. The molecule has 1 unspecified atom stereocenters. The van der Waals surface area contributed by atoms with Crippen LogP contribution in [0.4, 0.5) is 0 Å². The van der Waals surface area contributed by atoms with E-state index in [-0.39, 0.29) is 0 Å². The lowest BCUT2D eigenvalue weighted by atomic mass is 9.59. The van der Waals surface area contributed by atoms with Crippen LogP contribution in [-0.2, 0) is 0 Å². The highest BCUT2D eigenvalue weighted by Crippen LogP contribution is 2.55. The normalized spacial score (nSPS) is 25.5. The van der Waals surface area contributed by atoms with Gasteiger partial charge in [-0.05, 0) is 51.5 Å². The van der Waals surface area contributed by atoms with Crippen molar-refractivity contribution in [2.45, 2.75) is 18.3 Å². The summed E-state index contributed by atoms with van der Waals surface area (Å²) in [5, 5.41) is 0. The molecule has 2 nitrogen and oxygen atoms in total. The van der Waals surface area contributed by atoms with E-state index in [0.717, 1.165) is 5.92 Å². The molecule has 2 bridgehead atoms. The second-order valence-corrected chi connectivity index (χ2v) is 7.89. The predicted molar refractivity (Wildman–Crippen MR) is 139 cm³/mol. The minimum atomic E-state index is 0.599. The van der Waals surface area contributed by atoms with Crippen molar-refractivity contribution >= 4 is 45.2 Å². The molecule has 2 aromatic carbocycles. The molecule has 0 radical (unpaired) electrons. The highest BCUT2D eigenvalue weighted by molar-refractivity contribution is 14.1.